The molecule has 4 N–H and O–H groups in total. The fourth-order valence-corrected chi connectivity index (χ4v) is 3.66. The Bertz CT molecular complexity index is 435. The highest BCUT2D eigenvalue weighted by Gasteiger charge is 2.31. The lowest BCUT2D eigenvalue weighted by Crippen LogP contribution is -2.48. The second-order valence-electron chi connectivity index (χ2n) is 4.39. The highest BCUT2D eigenvalue weighted by atomic mass is 32.2. The third-order valence-electron chi connectivity index (χ3n) is 2.97. The van der Waals surface area contributed by atoms with Crippen molar-refractivity contribution in [3.05, 3.63) is 0 Å². The number of carbonyl (C=O) groups is 2. The van der Waals surface area contributed by atoms with Crippen LogP contribution in [0.15, 0.2) is 0 Å². The van der Waals surface area contributed by atoms with Gasteiger partial charge in [-0.1, -0.05) is 0 Å². The van der Waals surface area contributed by atoms with Crippen molar-refractivity contribution in [3.63, 3.8) is 0 Å². The van der Waals surface area contributed by atoms with Crippen molar-refractivity contribution in [3.8, 4) is 0 Å². The minimum Gasteiger partial charge on any atom is -0.480 e. The number of aliphatic carboxylic acids is 1. The van der Waals surface area contributed by atoms with E-state index >= 15 is 0 Å². The van der Waals surface area contributed by atoms with Crippen LogP contribution in [-0.2, 0) is 14.6 Å². The van der Waals surface area contributed by atoms with E-state index in [2.05, 4.69) is 10.6 Å². The minimum absolute atomic E-state index is 0.0281. The van der Waals surface area contributed by atoms with E-state index < -0.39 is 33.1 Å². The lowest BCUT2D eigenvalue weighted by Gasteiger charge is -2.15. The van der Waals surface area contributed by atoms with E-state index in [1.54, 1.807) is 0 Å². The molecule has 0 aromatic rings. The van der Waals surface area contributed by atoms with Crippen LogP contribution in [0, 0.1) is 0 Å². The van der Waals surface area contributed by atoms with Gasteiger partial charge in [0, 0.05) is 19.6 Å². The van der Waals surface area contributed by atoms with Gasteiger partial charge in [-0.05, 0) is 12.8 Å². The Kier molecular flexibility index (Phi) is 5.55. The highest BCUT2D eigenvalue weighted by molar-refractivity contribution is 7.92. The molecule has 0 aromatic carbocycles. The van der Waals surface area contributed by atoms with Gasteiger partial charge < -0.3 is 20.8 Å². The van der Waals surface area contributed by atoms with E-state index in [4.69, 9.17) is 10.2 Å². The van der Waals surface area contributed by atoms with E-state index in [0.717, 1.165) is 0 Å². The number of carboxylic acid groups (broad SMARTS) is 1. The maximum atomic E-state index is 11.5. The van der Waals surface area contributed by atoms with Gasteiger partial charge in [0.15, 0.2) is 9.84 Å². The van der Waals surface area contributed by atoms with Gasteiger partial charge in [-0.15, -0.1) is 0 Å². The first-order chi connectivity index (χ1) is 8.86. The number of amides is 2. The fourth-order valence-electron chi connectivity index (χ4n) is 1.89. The molecule has 0 radical (unpaired) electrons. The lowest BCUT2D eigenvalue weighted by atomic mass is 10.2. The number of aliphatic hydroxyl groups is 1. The van der Waals surface area contributed by atoms with Gasteiger partial charge in [-0.3, -0.25) is 0 Å². The molecule has 0 aliphatic carbocycles. The van der Waals surface area contributed by atoms with Crippen molar-refractivity contribution >= 4 is 21.8 Å². The molecule has 0 aromatic heterocycles. The number of hydrogen-bond acceptors (Lipinski definition) is 5. The molecule has 2 atom stereocenters. The van der Waals surface area contributed by atoms with Crippen LogP contribution in [0.4, 0.5) is 4.79 Å². The van der Waals surface area contributed by atoms with Crippen molar-refractivity contribution in [2.24, 2.45) is 0 Å². The quantitative estimate of drug-likeness (QED) is 0.481. The zero-order chi connectivity index (χ0) is 14.5. The SMILES string of the molecule is O=C(NCC1CCCS1(=O)=O)N[C@H](CCO)C(=O)O. The molecule has 1 rings (SSSR count). The van der Waals surface area contributed by atoms with Crippen LogP contribution in [-0.4, -0.2) is 60.8 Å². The molecule has 1 unspecified atom stereocenters. The first-order valence-electron chi connectivity index (χ1n) is 5.96. The normalized spacial score (nSPS) is 22.7. The molecule has 0 saturated carbocycles. The molecule has 1 aliphatic rings. The predicted molar refractivity (Wildman–Crippen MR) is 66.5 cm³/mol. The summed E-state index contributed by atoms with van der Waals surface area (Å²) in [7, 11) is -3.14. The molecule has 1 saturated heterocycles. The van der Waals surface area contributed by atoms with E-state index in [9.17, 15) is 18.0 Å². The zero-order valence-electron chi connectivity index (χ0n) is 10.3. The number of rotatable bonds is 6. The molecule has 2 amide bonds. The van der Waals surface area contributed by atoms with Crippen molar-refractivity contribution in [1.82, 2.24) is 10.6 Å². The monoisotopic (exact) mass is 294 g/mol. The first-order valence-corrected chi connectivity index (χ1v) is 7.68. The number of carbonyl (C=O) groups excluding carboxylic acids is 1. The van der Waals surface area contributed by atoms with E-state index in [1.807, 2.05) is 0 Å². The number of sulfone groups is 1. The van der Waals surface area contributed by atoms with E-state index in [0.29, 0.717) is 12.8 Å². The minimum atomic E-state index is -3.14. The van der Waals surface area contributed by atoms with Gasteiger partial charge in [0.1, 0.15) is 6.04 Å². The van der Waals surface area contributed by atoms with Crippen LogP contribution >= 0.6 is 0 Å². The van der Waals surface area contributed by atoms with Crippen LogP contribution in [0.1, 0.15) is 19.3 Å². The summed E-state index contributed by atoms with van der Waals surface area (Å²) in [5.74, 6) is -1.12. The zero-order valence-corrected chi connectivity index (χ0v) is 11.1. The van der Waals surface area contributed by atoms with Crippen molar-refractivity contribution < 1.29 is 28.2 Å². The smallest absolute Gasteiger partial charge is 0.326 e. The van der Waals surface area contributed by atoms with E-state index in [-0.39, 0.29) is 25.3 Å². The van der Waals surface area contributed by atoms with Crippen molar-refractivity contribution in [2.75, 3.05) is 18.9 Å². The molecular weight excluding hydrogens is 276 g/mol. The number of urea groups is 1. The second-order valence-corrected chi connectivity index (χ2v) is 6.79. The maximum Gasteiger partial charge on any atom is 0.326 e. The Morgan fingerprint density at radius 1 is 1.37 bits per heavy atom. The van der Waals surface area contributed by atoms with E-state index in [1.165, 1.54) is 0 Å². The Morgan fingerprint density at radius 3 is 2.53 bits per heavy atom. The molecule has 0 bridgehead atoms. The molecule has 1 aliphatic heterocycles. The predicted octanol–water partition coefficient (Wildman–Crippen LogP) is -1.30. The first kappa shape index (κ1) is 15.7. The third-order valence-corrected chi connectivity index (χ3v) is 5.25. The summed E-state index contributed by atoms with van der Waals surface area (Å²) in [6.45, 7) is -0.395. The fraction of sp³-hybridized carbons (Fsp3) is 0.800. The molecule has 1 heterocycles. The third kappa shape index (κ3) is 4.67. The lowest BCUT2D eigenvalue weighted by molar-refractivity contribution is -0.139. The Hall–Kier alpha value is -1.35. The molecule has 19 heavy (non-hydrogen) atoms. The Balaban J connectivity index is 2.41. The summed E-state index contributed by atoms with van der Waals surface area (Å²) in [4.78, 5) is 22.2. The number of nitrogens with one attached hydrogen (secondary N) is 2. The van der Waals surface area contributed by atoms with Gasteiger partial charge in [0.25, 0.3) is 0 Å². The van der Waals surface area contributed by atoms with Gasteiger partial charge >= 0.3 is 12.0 Å². The summed E-state index contributed by atoms with van der Waals surface area (Å²) in [5.41, 5.74) is 0. The number of aliphatic hydroxyl groups excluding tert-OH is 1. The second kappa shape index (κ2) is 6.71. The molecule has 110 valence electrons. The summed E-state index contributed by atoms with van der Waals surface area (Å²) in [5, 5.41) is 21.3. The summed E-state index contributed by atoms with van der Waals surface area (Å²) in [6, 6.07) is -1.94. The topological polar surface area (TPSA) is 133 Å². The van der Waals surface area contributed by atoms with Gasteiger partial charge in [-0.2, -0.15) is 0 Å². The molecule has 8 nitrogen and oxygen atoms in total. The molecular formula is C10H18N2O6S. The largest absolute Gasteiger partial charge is 0.480 e. The highest BCUT2D eigenvalue weighted by Crippen LogP contribution is 2.18. The summed E-state index contributed by atoms with van der Waals surface area (Å²) in [6.07, 6.45) is 0.977. The van der Waals surface area contributed by atoms with Crippen LogP contribution in [0.5, 0.6) is 0 Å². The van der Waals surface area contributed by atoms with Crippen LogP contribution in [0.25, 0.3) is 0 Å². The molecule has 9 heteroatoms. The van der Waals surface area contributed by atoms with Crippen LogP contribution < -0.4 is 10.6 Å². The van der Waals surface area contributed by atoms with Crippen molar-refractivity contribution in [1.29, 1.82) is 0 Å². The molecule has 0 spiro atoms. The Labute approximate surface area is 111 Å². The molecule has 1 fully saturated rings. The van der Waals surface area contributed by atoms with Crippen molar-refractivity contribution in [2.45, 2.75) is 30.6 Å². The number of carboxylic acids is 1. The van der Waals surface area contributed by atoms with Gasteiger partial charge in [0.05, 0.1) is 11.0 Å². The van der Waals surface area contributed by atoms with Gasteiger partial charge in [-0.25, -0.2) is 18.0 Å². The summed E-state index contributed by atoms with van der Waals surface area (Å²) < 4.78 is 23.0. The van der Waals surface area contributed by atoms with Gasteiger partial charge in [0.2, 0.25) is 0 Å². The van der Waals surface area contributed by atoms with Crippen LogP contribution in [0.2, 0.25) is 0 Å². The summed E-state index contributed by atoms with van der Waals surface area (Å²) >= 11 is 0. The average molecular weight is 294 g/mol. The number of hydrogen-bond donors (Lipinski definition) is 4. The Morgan fingerprint density at radius 2 is 2.05 bits per heavy atom. The average Bonchev–Trinajstić information content (AvgIpc) is 2.65. The maximum absolute atomic E-state index is 11.5. The standard InChI is InChI=1S/C10H18N2O6S/c13-4-3-8(9(14)15)12-10(16)11-6-7-2-1-5-19(7,17)18/h7-8,13H,1-6H2,(H,14,15)(H2,11,12,16)/t7?,8-/m1/s1. The van der Waals surface area contributed by atoms with Crippen LogP contribution in [0.3, 0.4) is 0 Å².